The number of nitrogens with one attached hydrogen (secondary N) is 1. The molecule has 4 bridgehead atoms. The van der Waals surface area contributed by atoms with Gasteiger partial charge in [-0.2, -0.15) is 0 Å². The lowest BCUT2D eigenvalue weighted by molar-refractivity contribution is -0.123. The molecular formula is C21H25N3OS. The van der Waals surface area contributed by atoms with Crippen LogP contribution in [0.5, 0.6) is 0 Å². The zero-order valence-corrected chi connectivity index (χ0v) is 15.8. The van der Waals surface area contributed by atoms with E-state index in [-0.39, 0.29) is 17.4 Å². The largest absolute Gasteiger partial charge is 0.352 e. The van der Waals surface area contributed by atoms with Crippen molar-refractivity contribution in [3.8, 4) is 0 Å². The van der Waals surface area contributed by atoms with Crippen LogP contribution >= 0.6 is 11.3 Å². The zero-order chi connectivity index (χ0) is 17.6. The quantitative estimate of drug-likeness (QED) is 0.898. The summed E-state index contributed by atoms with van der Waals surface area (Å²) in [5.41, 5.74) is 1.38. The van der Waals surface area contributed by atoms with Gasteiger partial charge in [-0.3, -0.25) is 4.79 Å². The fourth-order valence-electron chi connectivity index (χ4n) is 5.36. The van der Waals surface area contributed by atoms with E-state index in [1.807, 2.05) is 11.4 Å². The van der Waals surface area contributed by atoms with Gasteiger partial charge in [-0.05, 0) is 17.0 Å². The first-order chi connectivity index (χ1) is 12.7. The molecule has 2 aromatic rings. The van der Waals surface area contributed by atoms with Crippen molar-refractivity contribution in [2.24, 2.45) is 5.92 Å². The molecule has 4 saturated heterocycles. The molecule has 4 aliphatic heterocycles. The molecule has 1 N–H and O–H groups in total. The topological polar surface area (TPSA) is 35.6 Å². The fourth-order valence-corrected chi connectivity index (χ4v) is 6.07. The lowest BCUT2D eigenvalue weighted by Gasteiger charge is -2.55. The van der Waals surface area contributed by atoms with Gasteiger partial charge in [-0.25, -0.2) is 0 Å². The van der Waals surface area contributed by atoms with Crippen molar-refractivity contribution < 1.29 is 4.79 Å². The van der Waals surface area contributed by atoms with Gasteiger partial charge in [0.25, 0.3) is 0 Å². The maximum Gasteiger partial charge on any atom is 0.225 e. The predicted molar refractivity (Wildman–Crippen MR) is 104 cm³/mol. The molecule has 5 heteroatoms. The molecule has 0 spiro atoms. The number of nitrogens with zero attached hydrogens (tertiary/aromatic N) is 2. The number of carbonyl (C=O) groups excluding carboxylic acids is 1. The summed E-state index contributed by atoms with van der Waals surface area (Å²) in [4.78, 5) is 19.2. The van der Waals surface area contributed by atoms with Crippen LogP contribution in [0.3, 0.4) is 0 Å². The maximum atomic E-state index is 12.8. The molecule has 1 aromatic heterocycles. The van der Waals surface area contributed by atoms with E-state index in [9.17, 15) is 4.79 Å². The first kappa shape index (κ1) is 16.5. The van der Waals surface area contributed by atoms with Crippen molar-refractivity contribution in [1.29, 1.82) is 0 Å². The number of fused-ring (bicyclic) bond motifs is 1. The minimum Gasteiger partial charge on any atom is -0.352 e. The molecule has 2 unspecified atom stereocenters. The summed E-state index contributed by atoms with van der Waals surface area (Å²) >= 11 is 1.66. The highest BCUT2D eigenvalue weighted by molar-refractivity contribution is 7.10. The molecule has 0 radical (unpaired) electrons. The molecule has 136 valence electrons. The van der Waals surface area contributed by atoms with Crippen molar-refractivity contribution in [2.75, 3.05) is 39.3 Å². The third-order valence-corrected chi connectivity index (χ3v) is 7.25. The number of carbonyl (C=O) groups is 1. The molecule has 3 atom stereocenters. The molecule has 5 heterocycles. The van der Waals surface area contributed by atoms with Gasteiger partial charge in [-0.1, -0.05) is 36.4 Å². The SMILES string of the molecule is O=C(Cc1cccs1)N[C@@H]1C2CN3CCN(C2)CC1(c1ccccc1)C3. The van der Waals surface area contributed by atoms with Gasteiger partial charge in [0.1, 0.15) is 0 Å². The number of piperidine rings is 2. The van der Waals surface area contributed by atoms with Crippen molar-refractivity contribution in [2.45, 2.75) is 17.9 Å². The standard InChI is InChI=1S/C21H25N3OS/c25-19(11-18-7-4-10-26-18)22-20-16-12-23-8-9-24(13-16)15-21(20,14-23)17-5-2-1-3-6-17/h1-7,10,16,20H,8-9,11-15H2,(H,22,25)/t16?,20-,21?/m1/s1. The molecule has 26 heavy (non-hydrogen) atoms. The Hall–Kier alpha value is -1.69. The number of thiophene rings is 1. The minimum absolute atomic E-state index is 0.00400. The van der Waals surface area contributed by atoms with Gasteiger partial charge >= 0.3 is 0 Å². The van der Waals surface area contributed by atoms with Crippen molar-refractivity contribution in [3.05, 3.63) is 58.3 Å². The van der Waals surface area contributed by atoms with E-state index < -0.39 is 0 Å². The lowest BCUT2D eigenvalue weighted by atomic mass is 9.64. The summed E-state index contributed by atoms with van der Waals surface area (Å²) in [5.74, 6) is 0.677. The molecule has 4 aliphatic rings. The van der Waals surface area contributed by atoms with E-state index in [1.165, 1.54) is 5.56 Å². The molecule has 6 rings (SSSR count). The second kappa shape index (κ2) is 6.48. The molecule has 4 nitrogen and oxygen atoms in total. The highest BCUT2D eigenvalue weighted by Crippen LogP contribution is 2.43. The van der Waals surface area contributed by atoms with E-state index >= 15 is 0 Å². The normalized spacial score (nSPS) is 35.2. The number of hydrogen-bond acceptors (Lipinski definition) is 4. The van der Waals surface area contributed by atoms with Crippen LogP contribution in [0.4, 0.5) is 0 Å². The van der Waals surface area contributed by atoms with Crippen LogP contribution in [-0.4, -0.2) is 61.0 Å². The second-order valence-electron chi connectivity index (χ2n) is 8.05. The van der Waals surface area contributed by atoms with Crippen LogP contribution in [0.1, 0.15) is 10.4 Å². The molecule has 0 aliphatic carbocycles. The Morgan fingerprint density at radius 2 is 1.81 bits per heavy atom. The third-order valence-electron chi connectivity index (χ3n) is 6.38. The van der Waals surface area contributed by atoms with E-state index in [0.717, 1.165) is 44.1 Å². The Labute approximate surface area is 158 Å². The summed E-state index contributed by atoms with van der Waals surface area (Å²) in [7, 11) is 0. The molecular weight excluding hydrogens is 342 g/mol. The molecule has 4 fully saturated rings. The van der Waals surface area contributed by atoms with E-state index in [1.54, 1.807) is 11.3 Å². The van der Waals surface area contributed by atoms with Crippen LogP contribution in [0, 0.1) is 5.92 Å². The van der Waals surface area contributed by atoms with Crippen molar-refractivity contribution in [3.63, 3.8) is 0 Å². The second-order valence-corrected chi connectivity index (χ2v) is 9.09. The highest BCUT2D eigenvalue weighted by Gasteiger charge is 2.55. The number of hydrogen-bond donors (Lipinski definition) is 1. The van der Waals surface area contributed by atoms with Gasteiger partial charge in [0.2, 0.25) is 5.91 Å². The Kier molecular flexibility index (Phi) is 4.11. The zero-order valence-electron chi connectivity index (χ0n) is 14.9. The van der Waals surface area contributed by atoms with Crippen LogP contribution in [0.25, 0.3) is 0 Å². The van der Waals surface area contributed by atoms with Gasteiger partial charge in [0.15, 0.2) is 0 Å². The Balaban J connectivity index is 1.47. The number of benzene rings is 1. The minimum atomic E-state index is 0.00400. The number of amides is 1. The summed E-state index contributed by atoms with van der Waals surface area (Å²) in [5, 5.41) is 5.53. The third kappa shape index (κ3) is 2.79. The monoisotopic (exact) mass is 367 g/mol. The van der Waals surface area contributed by atoms with Crippen molar-refractivity contribution >= 4 is 17.2 Å². The smallest absolute Gasteiger partial charge is 0.225 e. The van der Waals surface area contributed by atoms with Crippen LogP contribution in [-0.2, 0) is 16.6 Å². The molecule has 1 amide bonds. The average Bonchev–Trinajstić information content (AvgIpc) is 3.02. The fraction of sp³-hybridized carbons (Fsp3) is 0.476. The van der Waals surface area contributed by atoms with E-state index in [2.05, 4.69) is 51.5 Å². The van der Waals surface area contributed by atoms with E-state index in [0.29, 0.717) is 12.3 Å². The molecule has 0 saturated carbocycles. The summed E-state index contributed by atoms with van der Waals surface area (Å²) in [6.07, 6.45) is 0.499. The summed E-state index contributed by atoms with van der Waals surface area (Å²) in [6.45, 7) is 6.62. The first-order valence-corrected chi connectivity index (χ1v) is 10.4. The van der Waals surface area contributed by atoms with Gasteiger partial charge in [0, 0.05) is 61.5 Å². The maximum absolute atomic E-state index is 12.8. The van der Waals surface area contributed by atoms with Crippen LogP contribution < -0.4 is 5.32 Å². The van der Waals surface area contributed by atoms with Crippen LogP contribution in [0.15, 0.2) is 47.8 Å². The van der Waals surface area contributed by atoms with Gasteiger partial charge in [-0.15, -0.1) is 11.3 Å². The highest BCUT2D eigenvalue weighted by atomic mass is 32.1. The Morgan fingerprint density at radius 1 is 1.08 bits per heavy atom. The van der Waals surface area contributed by atoms with E-state index in [4.69, 9.17) is 0 Å². The van der Waals surface area contributed by atoms with Crippen molar-refractivity contribution in [1.82, 2.24) is 15.1 Å². The summed E-state index contributed by atoms with van der Waals surface area (Å²) < 4.78 is 0. The van der Waals surface area contributed by atoms with Gasteiger partial charge in [0.05, 0.1) is 6.42 Å². The average molecular weight is 368 g/mol. The lowest BCUT2D eigenvalue weighted by Crippen LogP contribution is -2.70. The van der Waals surface area contributed by atoms with Crippen LogP contribution in [0.2, 0.25) is 0 Å². The predicted octanol–water partition coefficient (Wildman–Crippen LogP) is 1.97. The Bertz CT molecular complexity index is 760. The van der Waals surface area contributed by atoms with Gasteiger partial charge < -0.3 is 15.1 Å². The number of rotatable bonds is 4. The molecule has 1 aromatic carbocycles. The summed E-state index contributed by atoms with van der Waals surface area (Å²) in [6, 6.07) is 15.2. The Morgan fingerprint density at radius 3 is 2.46 bits per heavy atom. The first-order valence-electron chi connectivity index (χ1n) is 9.55.